The van der Waals surface area contributed by atoms with Crippen LogP contribution in [0.5, 0.6) is 0 Å². The van der Waals surface area contributed by atoms with Crippen LogP contribution in [0.15, 0.2) is 48.5 Å². The third-order valence-corrected chi connectivity index (χ3v) is 3.28. The number of carbonyl (C=O) groups is 1. The van der Waals surface area contributed by atoms with Crippen LogP contribution in [-0.4, -0.2) is 15.6 Å². The fourth-order valence-electron chi connectivity index (χ4n) is 2.10. The Balaban J connectivity index is 2.28. The molecular weight excluding hydrogens is 302 g/mol. The normalized spacial score (nSPS) is 11.7. The van der Waals surface area contributed by atoms with E-state index in [4.69, 9.17) is 5.73 Å². The number of nitro benzene ring substituents is 2. The van der Waals surface area contributed by atoms with Crippen LogP contribution in [0.4, 0.5) is 11.4 Å². The van der Waals surface area contributed by atoms with Crippen LogP contribution >= 0.6 is 0 Å². The van der Waals surface area contributed by atoms with Gasteiger partial charge in [-0.15, -0.1) is 0 Å². The van der Waals surface area contributed by atoms with Crippen LogP contribution in [0.3, 0.4) is 0 Å². The molecule has 2 rings (SSSR count). The average Bonchev–Trinajstić information content (AvgIpc) is 2.55. The molecule has 0 amide bonds. The summed E-state index contributed by atoms with van der Waals surface area (Å²) in [5.41, 5.74) is 5.57. The van der Waals surface area contributed by atoms with Crippen LogP contribution < -0.4 is 5.73 Å². The number of rotatable bonds is 6. The van der Waals surface area contributed by atoms with E-state index in [1.54, 1.807) is 24.3 Å². The molecule has 0 aromatic heterocycles. The minimum absolute atomic E-state index is 0.0997. The molecule has 8 heteroatoms. The Morgan fingerprint density at radius 2 is 1.52 bits per heavy atom. The average molecular weight is 315 g/mol. The number of carbonyl (C=O) groups excluding carboxylic acids is 1. The second-order valence-electron chi connectivity index (χ2n) is 4.90. The second-order valence-corrected chi connectivity index (χ2v) is 4.90. The predicted molar refractivity (Wildman–Crippen MR) is 82.1 cm³/mol. The second kappa shape index (κ2) is 6.75. The zero-order valence-electron chi connectivity index (χ0n) is 11.9. The van der Waals surface area contributed by atoms with E-state index in [1.165, 1.54) is 0 Å². The van der Waals surface area contributed by atoms with E-state index in [9.17, 15) is 25.0 Å². The molecule has 23 heavy (non-hydrogen) atoms. The Hall–Kier alpha value is -3.13. The van der Waals surface area contributed by atoms with Crippen LogP contribution in [0, 0.1) is 20.2 Å². The van der Waals surface area contributed by atoms with E-state index < -0.39 is 33.0 Å². The Bertz CT molecular complexity index is 729. The van der Waals surface area contributed by atoms with Gasteiger partial charge in [-0.3, -0.25) is 25.0 Å². The molecule has 0 aliphatic heterocycles. The van der Waals surface area contributed by atoms with E-state index in [-0.39, 0.29) is 12.0 Å². The number of Topliss-reactive ketones (excluding diaryl/α,β-unsaturated/α-hetero) is 1. The minimum atomic E-state index is -0.777. The third-order valence-electron chi connectivity index (χ3n) is 3.28. The summed E-state index contributed by atoms with van der Waals surface area (Å²) in [5, 5.41) is 21.7. The van der Waals surface area contributed by atoms with E-state index >= 15 is 0 Å². The lowest BCUT2D eigenvalue weighted by molar-refractivity contribution is -0.394. The van der Waals surface area contributed by atoms with Gasteiger partial charge < -0.3 is 5.73 Å². The van der Waals surface area contributed by atoms with Crippen molar-refractivity contribution in [3.8, 4) is 0 Å². The van der Waals surface area contributed by atoms with Crippen molar-refractivity contribution >= 4 is 17.2 Å². The van der Waals surface area contributed by atoms with Crippen molar-refractivity contribution in [3.63, 3.8) is 0 Å². The maximum absolute atomic E-state index is 12.3. The van der Waals surface area contributed by atoms with Gasteiger partial charge in [0.15, 0.2) is 5.78 Å². The number of nitro groups is 2. The highest BCUT2D eigenvalue weighted by Crippen LogP contribution is 2.25. The first-order chi connectivity index (χ1) is 10.9. The van der Waals surface area contributed by atoms with Crippen molar-refractivity contribution in [2.45, 2.75) is 12.5 Å². The van der Waals surface area contributed by atoms with Crippen molar-refractivity contribution in [1.82, 2.24) is 0 Å². The summed E-state index contributed by atoms with van der Waals surface area (Å²) < 4.78 is 0. The molecule has 0 bridgehead atoms. The monoisotopic (exact) mass is 315 g/mol. The van der Waals surface area contributed by atoms with Gasteiger partial charge in [-0.2, -0.15) is 0 Å². The van der Waals surface area contributed by atoms with Crippen LogP contribution in [0.1, 0.15) is 28.4 Å². The molecule has 1 unspecified atom stereocenters. The van der Waals surface area contributed by atoms with Gasteiger partial charge in [-0.1, -0.05) is 30.3 Å². The van der Waals surface area contributed by atoms with Crippen LogP contribution in [-0.2, 0) is 0 Å². The van der Waals surface area contributed by atoms with Gasteiger partial charge in [0.2, 0.25) is 0 Å². The first-order valence-electron chi connectivity index (χ1n) is 6.66. The number of nitrogens with two attached hydrogens (primary N) is 1. The van der Waals surface area contributed by atoms with Crippen molar-refractivity contribution < 1.29 is 14.6 Å². The SMILES string of the molecule is NC(CC(=O)c1cc([N+](=O)[O-])cc([N+](=O)[O-])c1)c1ccccc1. The molecule has 2 N–H and O–H groups in total. The molecule has 0 fully saturated rings. The Morgan fingerprint density at radius 3 is 2.00 bits per heavy atom. The Morgan fingerprint density at radius 1 is 1.00 bits per heavy atom. The molecule has 0 heterocycles. The molecule has 0 saturated carbocycles. The van der Waals surface area contributed by atoms with Crippen molar-refractivity contribution in [2.75, 3.05) is 0 Å². The highest BCUT2D eigenvalue weighted by molar-refractivity contribution is 5.97. The lowest BCUT2D eigenvalue weighted by Gasteiger charge is -2.11. The number of nitrogens with zero attached hydrogens (tertiary/aromatic N) is 2. The van der Waals surface area contributed by atoms with Crippen molar-refractivity contribution in [3.05, 3.63) is 79.9 Å². The lowest BCUT2D eigenvalue weighted by Crippen LogP contribution is -2.15. The summed E-state index contributed by atoms with van der Waals surface area (Å²) >= 11 is 0. The molecular formula is C15H13N3O5. The quantitative estimate of drug-likeness (QED) is 0.495. The maximum atomic E-state index is 12.3. The molecule has 0 saturated heterocycles. The van der Waals surface area contributed by atoms with Gasteiger partial charge in [0.25, 0.3) is 11.4 Å². The molecule has 0 radical (unpaired) electrons. The fourth-order valence-corrected chi connectivity index (χ4v) is 2.10. The summed E-state index contributed by atoms with van der Waals surface area (Å²) in [5.74, 6) is -0.492. The van der Waals surface area contributed by atoms with E-state index in [0.717, 1.165) is 23.8 Å². The van der Waals surface area contributed by atoms with Crippen molar-refractivity contribution in [2.24, 2.45) is 5.73 Å². The molecule has 118 valence electrons. The highest BCUT2D eigenvalue weighted by atomic mass is 16.6. The molecule has 2 aromatic carbocycles. The summed E-state index contributed by atoms with van der Waals surface area (Å²) in [7, 11) is 0. The molecule has 1 atom stereocenters. The topological polar surface area (TPSA) is 129 Å². The number of non-ortho nitro benzene ring substituents is 2. The standard InChI is InChI=1S/C15H13N3O5/c16-14(10-4-2-1-3-5-10)9-15(19)11-6-12(17(20)21)8-13(7-11)18(22)23/h1-8,14H,9,16H2. The predicted octanol–water partition coefficient (Wildman–Crippen LogP) is 2.78. The van der Waals surface area contributed by atoms with E-state index in [2.05, 4.69) is 0 Å². The van der Waals surface area contributed by atoms with Gasteiger partial charge in [0.05, 0.1) is 15.9 Å². The number of ketones is 1. The van der Waals surface area contributed by atoms with Crippen LogP contribution in [0.25, 0.3) is 0 Å². The lowest BCUT2D eigenvalue weighted by atomic mass is 9.98. The Kier molecular flexibility index (Phi) is 4.77. The van der Waals surface area contributed by atoms with Gasteiger partial charge in [0.1, 0.15) is 0 Å². The first-order valence-corrected chi connectivity index (χ1v) is 6.66. The summed E-state index contributed by atoms with van der Waals surface area (Å²) in [6.45, 7) is 0. The van der Waals surface area contributed by atoms with E-state index in [1.807, 2.05) is 6.07 Å². The molecule has 2 aromatic rings. The smallest absolute Gasteiger partial charge is 0.277 e. The Labute approximate surface area is 130 Å². The minimum Gasteiger partial charge on any atom is -0.324 e. The first kappa shape index (κ1) is 16.2. The molecule has 0 aliphatic carbocycles. The van der Waals surface area contributed by atoms with Crippen LogP contribution in [0.2, 0.25) is 0 Å². The fraction of sp³-hybridized carbons (Fsp3) is 0.133. The van der Waals surface area contributed by atoms with Gasteiger partial charge >= 0.3 is 0 Å². The maximum Gasteiger partial charge on any atom is 0.277 e. The number of benzene rings is 2. The zero-order chi connectivity index (χ0) is 17.0. The zero-order valence-corrected chi connectivity index (χ0v) is 11.9. The molecule has 8 nitrogen and oxygen atoms in total. The largest absolute Gasteiger partial charge is 0.324 e. The third kappa shape index (κ3) is 3.95. The number of hydrogen-bond donors (Lipinski definition) is 1. The van der Waals surface area contributed by atoms with Gasteiger partial charge in [0, 0.05) is 30.2 Å². The van der Waals surface area contributed by atoms with Crippen molar-refractivity contribution in [1.29, 1.82) is 0 Å². The summed E-state index contributed by atoms with van der Waals surface area (Å²) in [4.78, 5) is 32.4. The summed E-state index contributed by atoms with van der Waals surface area (Å²) in [6.07, 6.45) is -0.109. The number of hydrogen-bond acceptors (Lipinski definition) is 6. The van der Waals surface area contributed by atoms with Gasteiger partial charge in [-0.25, -0.2) is 0 Å². The highest BCUT2D eigenvalue weighted by Gasteiger charge is 2.21. The van der Waals surface area contributed by atoms with E-state index in [0.29, 0.717) is 0 Å². The van der Waals surface area contributed by atoms with Gasteiger partial charge in [-0.05, 0) is 5.56 Å². The molecule has 0 spiro atoms. The molecule has 0 aliphatic rings. The summed E-state index contributed by atoms with van der Waals surface area (Å²) in [6, 6.07) is 11.1.